The third kappa shape index (κ3) is 0.384. The molecule has 0 radical (unpaired) electrons. The van der Waals surface area contributed by atoms with Crippen molar-refractivity contribution in [2.45, 2.75) is 32.3 Å². The smallest absolute Gasteiger partial charge is 0.0861 e. The SMILES string of the molecule is CC1(O)C=CC2CC13CC23C. The fourth-order valence-corrected chi connectivity index (χ4v) is 3.55. The van der Waals surface area contributed by atoms with E-state index in [1.807, 2.05) is 13.0 Å². The van der Waals surface area contributed by atoms with Gasteiger partial charge in [-0.3, -0.25) is 0 Å². The lowest BCUT2D eigenvalue weighted by Gasteiger charge is -2.51. The van der Waals surface area contributed by atoms with E-state index < -0.39 is 5.60 Å². The Morgan fingerprint density at radius 2 is 2.18 bits per heavy atom. The van der Waals surface area contributed by atoms with E-state index in [-0.39, 0.29) is 0 Å². The molecular weight excluding hydrogens is 136 g/mol. The first-order valence-electron chi connectivity index (χ1n) is 4.44. The topological polar surface area (TPSA) is 20.2 Å². The maximum Gasteiger partial charge on any atom is 0.0861 e. The lowest BCUT2D eigenvalue weighted by molar-refractivity contribution is -0.0692. The van der Waals surface area contributed by atoms with Gasteiger partial charge in [-0.2, -0.15) is 0 Å². The van der Waals surface area contributed by atoms with Gasteiger partial charge in [-0.1, -0.05) is 19.1 Å². The van der Waals surface area contributed by atoms with Crippen LogP contribution in [0.15, 0.2) is 12.2 Å². The number of hydrogen-bond donors (Lipinski definition) is 1. The molecule has 0 aromatic rings. The van der Waals surface area contributed by atoms with Crippen LogP contribution in [0.2, 0.25) is 0 Å². The second kappa shape index (κ2) is 1.20. The van der Waals surface area contributed by atoms with E-state index in [0.717, 1.165) is 5.92 Å². The molecule has 4 aliphatic carbocycles. The normalized spacial score (nSPS) is 70.3. The summed E-state index contributed by atoms with van der Waals surface area (Å²) in [4.78, 5) is 0. The molecule has 0 aliphatic heterocycles. The molecule has 0 aromatic carbocycles. The van der Waals surface area contributed by atoms with Gasteiger partial charge in [0.05, 0.1) is 5.60 Å². The van der Waals surface area contributed by atoms with E-state index >= 15 is 0 Å². The van der Waals surface area contributed by atoms with Crippen LogP contribution < -0.4 is 0 Å². The molecule has 0 saturated heterocycles. The van der Waals surface area contributed by atoms with Crippen molar-refractivity contribution in [2.75, 3.05) is 0 Å². The summed E-state index contributed by atoms with van der Waals surface area (Å²) >= 11 is 0. The van der Waals surface area contributed by atoms with E-state index in [1.54, 1.807) is 0 Å². The molecule has 4 rings (SSSR count). The van der Waals surface area contributed by atoms with Crippen molar-refractivity contribution in [3.63, 3.8) is 0 Å². The summed E-state index contributed by atoms with van der Waals surface area (Å²) in [6, 6.07) is 0. The van der Waals surface area contributed by atoms with Crippen molar-refractivity contribution in [2.24, 2.45) is 16.7 Å². The van der Waals surface area contributed by atoms with Gasteiger partial charge in [0.25, 0.3) is 0 Å². The van der Waals surface area contributed by atoms with Crippen LogP contribution in [-0.4, -0.2) is 10.7 Å². The summed E-state index contributed by atoms with van der Waals surface area (Å²) < 4.78 is 0. The average Bonchev–Trinajstić information content (AvgIpc) is 2.36. The number of aliphatic hydroxyl groups is 1. The molecule has 0 heterocycles. The summed E-state index contributed by atoms with van der Waals surface area (Å²) in [5.41, 5.74) is 0.265. The molecule has 1 nitrogen and oxygen atoms in total. The van der Waals surface area contributed by atoms with Crippen LogP contribution in [0.5, 0.6) is 0 Å². The number of allylic oxidation sites excluding steroid dienone is 1. The van der Waals surface area contributed by atoms with Crippen LogP contribution in [-0.2, 0) is 0 Å². The van der Waals surface area contributed by atoms with E-state index in [2.05, 4.69) is 13.0 Å². The lowest BCUT2D eigenvalue weighted by Crippen LogP contribution is -2.51. The van der Waals surface area contributed by atoms with Gasteiger partial charge in [-0.25, -0.2) is 0 Å². The highest BCUT2D eigenvalue weighted by molar-refractivity contribution is 5.40. The molecule has 1 heteroatoms. The number of hydrogen-bond acceptors (Lipinski definition) is 1. The molecule has 0 aromatic heterocycles. The monoisotopic (exact) mass is 150 g/mol. The highest BCUT2D eigenvalue weighted by Crippen LogP contribution is 2.86. The number of rotatable bonds is 0. The third-order valence-corrected chi connectivity index (χ3v) is 4.65. The summed E-state index contributed by atoms with van der Waals surface area (Å²) in [6.45, 7) is 4.28. The largest absolute Gasteiger partial charge is 0.385 e. The Balaban J connectivity index is 2.16. The molecule has 1 N–H and O–H groups in total. The van der Waals surface area contributed by atoms with E-state index in [0.29, 0.717) is 10.8 Å². The first-order valence-corrected chi connectivity index (χ1v) is 4.44. The molecule has 4 atom stereocenters. The van der Waals surface area contributed by atoms with Crippen LogP contribution in [0, 0.1) is 16.7 Å². The van der Waals surface area contributed by atoms with Gasteiger partial charge in [0.2, 0.25) is 0 Å². The Labute approximate surface area is 67.1 Å². The van der Waals surface area contributed by atoms with Gasteiger partial charge in [0, 0.05) is 5.41 Å². The standard InChI is InChI=1S/C10H14O/c1-8-6-10(8)5-7(8)3-4-9(10,2)11/h3-4,7,11H,5-6H2,1-2H3. The maximum absolute atomic E-state index is 10.1. The van der Waals surface area contributed by atoms with E-state index in [9.17, 15) is 5.11 Å². The van der Waals surface area contributed by atoms with E-state index in [1.165, 1.54) is 12.8 Å². The fraction of sp³-hybridized carbons (Fsp3) is 0.800. The Hall–Kier alpha value is -0.300. The minimum absolute atomic E-state index is 0.291. The minimum Gasteiger partial charge on any atom is -0.385 e. The van der Waals surface area contributed by atoms with Gasteiger partial charge in [-0.05, 0) is 31.1 Å². The zero-order chi connectivity index (χ0) is 7.91. The van der Waals surface area contributed by atoms with Crippen molar-refractivity contribution < 1.29 is 5.11 Å². The van der Waals surface area contributed by atoms with Gasteiger partial charge < -0.3 is 5.11 Å². The third-order valence-electron chi connectivity index (χ3n) is 4.65. The van der Waals surface area contributed by atoms with Crippen molar-refractivity contribution >= 4 is 0 Å². The van der Waals surface area contributed by atoms with Crippen LogP contribution in [0.4, 0.5) is 0 Å². The van der Waals surface area contributed by atoms with Crippen LogP contribution in [0.3, 0.4) is 0 Å². The Kier molecular flexibility index (Phi) is 0.683. The molecule has 11 heavy (non-hydrogen) atoms. The molecule has 2 fully saturated rings. The maximum atomic E-state index is 10.1. The van der Waals surface area contributed by atoms with Crippen LogP contribution in [0.1, 0.15) is 26.7 Å². The zero-order valence-corrected chi connectivity index (χ0v) is 7.09. The van der Waals surface area contributed by atoms with Gasteiger partial charge in [0.15, 0.2) is 0 Å². The van der Waals surface area contributed by atoms with Crippen molar-refractivity contribution in [3.8, 4) is 0 Å². The molecule has 0 amide bonds. The highest BCUT2D eigenvalue weighted by Gasteiger charge is 2.82. The molecular formula is C10H14O. The van der Waals surface area contributed by atoms with Gasteiger partial charge in [-0.15, -0.1) is 0 Å². The van der Waals surface area contributed by atoms with Crippen molar-refractivity contribution in [1.29, 1.82) is 0 Å². The van der Waals surface area contributed by atoms with Crippen molar-refractivity contribution in [1.82, 2.24) is 0 Å². The molecule has 60 valence electrons. The Bertz CT molecular complexity index is 266. The predicted molar refractivity (Wildman–Crippen MR) is 43.0 cm³/mol. The first-order chi connectivity index (χ1) is 5.02. The molecule has 4 aliphatic rings. The van der Waals surface area contributed by atoms with Crippen LogP contribution in [0.25, 0.3) is 0 Å². The Morgan fingerprint density at radius 3 is 2.64 bits per heavy atom. The lowest BCUT2D eigenvalue weighted by atomic mass is 9.55. The average molecular weight is 150 g/mol. The summed E-state index contributed by atoms with van der Waals surface area (Å²) in [6.07, 6.45) is 6.70. The fourth-order valence-electron chi connectivity index (χ4n) is 3.55. The molecule has 2 saturated carbocycles. The highest BCUT2D eigenvalue weighted by atomic mass is 16.3. The predicted octanol–water partition coefficient (Wildman–Crippen LogP) is 1.72. The first kappa shape index (κ1) is 6.24. The summed E-state index contributed by atoms with van der Waals surface area (Å²) in [5, 5.41) is 10.1. The van der Waals surface area contributed by atoms with Gasteiger partial charge in [0.1, 0.15) is 0 Å². The second-order valence-electron chi connectivity index (χ2n) is 4.99. The van der Waals surface area contributed by atoms with Crippen LogP contribution >= 0.6 is 0 Å². The second-order valence-corrected chi connectivity index (χ2v) is 4.99. The summed E-state index contributed by atoms with van der Waals surface area (Å²) in [7, 11) is 0. The quantitative estimate of drug-likeness (QED) is 0.521. The number of fused-ring (bicyclic) bond motifs is 1. The molecule has 1 spiro atoms. The molecule has 4 unspecified atom stereocenters. The minimum atomic E-state index is -0.503. The zero-order valence-electron chi connectivity index (χ0n) is 7.09. The van der Waals surface area contributed by atoms with Gasteiger partial charge >= 0.3 is 0 Å². The van der Waals surface area contributed by atoms with Crippen molar-refractivity contribution in [3.05, 3.63) is 12.2 Å². The van der Waals surface area contributed by atoms with E-state index in [4.69, 9.17) is 0 Å². The Morgan fingerprint density at radius 1 is 1.45 bits per heavy atom. The summed E-state index contributed by atoms with van der Waals surface area (Å²) in [5.74, 6) is 0.780. The molecule has 2 bridgehead atoms.